The third-order valence-corrected chi connectivity index (χ3v) is 3.90. The lowest BCUT2D eigenvalue weighted by atomic mass is 10.1. The number of nitrogens with zero attached hydrogens (tertiary/aromatic N) is 2. The second-order valence-electron chi connectivity index (χ2n) is 5.40. The maximum atomic E-state index is 12.2. The first-order valence-electron chi connectivity index (χ1n) is 7.56. The van der Waals surface area contributed by atoms with E-state index in [-0.39, 0.29) is 11.9 Å². The summed E-state index contributed by atoms with van der Waals surface area (Å²) in [5.74, 6) is 0.117. The molecule has 20 heavy (non-hydrogen) atoms. The van der Waals surface area contributed by atoms with E-state index in [1.54, 1.807) is 0 Å². The van der Waals surface area contributed by atoms with E-state index in [9.17, 15) is 4.79 Å². The quantitative estimate of drug-likeness (QED) is 0.892. The highest BCUT2D eigenvalue weighted by molar-refractivity contribution is 5.81. The van der Waals surface area contributed by atoms with Crippen LogP contribution >= 0.6 is 0 Å². The monoisotopic (exact) mass is 275 g/mol. The third-order valence-electron chi connectivity index (χ3n) is 3.90. The zero-order valence-electron chi connectivity index (χ0n) is 12.3. The van der Waals surface area contributed by atoms with E-state index in [0.29, 0.717) is 0 Å². The van der Waals surface area contributed by atoms with Gasteiger partial charge in [-0.2, -0.15) is 0 Å². The average Bonchev–Trinajstić information content (AvgIpc) is 2.53. The van der Waals surface area contributed by atoms with Crippen molar-refractivity contribution in [1.29, 1.82) is 0 Å². The first-order chi connectivity index (χ1) is 9.72. The van der Waals surface area contributed by atoms with E-state index in [4.69, 9.17) is 5.73 Å². The van der Waals surface area contributed by atoms with E-state index in [1.165, 1.54) is 5.69 Å². The predicted octanol–water partition coefficient (Wildman–Crippen LogP) is 1.85. The van der Waals surface area contributed by atoms with Crippen LogP contribution in [0.5, 0.6) is 0 Å². The summed E-state index contributed by atoms with van der Waals surface area (Å²) in [4.78, 5) is 16.5. The van der Waals surface area contributed by atoms with Crippen molar-refractivity contribution in [2.45, 2.75) is 32.2 Å². The molecular weight excluding hydrogens is 250 g/mol. The second-order valence-corrected chi connectivity index (χ2v) is 5.40. The Morgan fingerprint density at radius 3 is 2.45 bits per heavy atom. The number of carbonyl (C=O) groups is 1. The summed E-state index contributed by atoms with van der Waals surface area (Å²) in [5, 5.41) is 0. The minimum absolute atomic E-state index is 0.117. The molecule has 0 bridgehead atoms. The van der Waals surface area contributed by atoms with Crippen LogP contribution in [-0.4, -0.2) is 43.0 Å². The Kier molecular flexibility index (Phi) is 5.41. The van der Waals surface area contributed by atoms with Crippen LogP contribution in [0.1, 0.15) is 26.2 Å². The molecule has 0 spiro atoms. The highest BCUT2D eigenvalue weighted by atomic mass is 16.2. The van der Waals surface area contributed by atoms with Gasteiger partial charge in [0.1, 0.15) is 0 Å². The number of hydrogen-bond acceptors (Lipinski definition) is 3. The minimum Gasteiger partial charge on any atom is -0.368 e. The van der Waals surface area contributed by atoms with Crippen molar-refractivity contribution in [3.05, 3.63) is 30.3 Å². The van der Waals surface area contributed by atoms with Crippen molar-refractivity contribution in [2.75, 3.05) is 31.1 Å². The van der Waals surface area contributed by atoms with E-state index in [0.717, 1.165) is 45.4 Å². The smallest absolute Gasteiger partial charge is 0.239 e. The molecule has 1 atom stereocenters. The van der Waals surface area contributed by atoms with Crippen molar-refractivity contribution in [3.8, 4) is 0 Å². The van der Waals surface area contributed by atoms with Gasteiger partial charge in [-0.1, -0.05) is 38.0 Å². The van der Waals surface area contributed by atoms with Crippen molar-refractivity contribution in [3.63, 3.8) is 0 Å². The first kappa shape index (κ1) is 14.9. The molecule has 1 aromatic carbocycles. The van der Waals surface area contributed by atoms with Crippen LogP contribution in [-0.2, 0) is 4.79 Å². The van der Waals surface area contributed by atoms with Gasteiger partial charge in [-0.25, -0.2) is 0 Å². The van der Waals surface area contributed by atoms with Crippen LogP contribution in [0.3, 0.4) is 0 Å². The second kappa shape index (κ2) is 7.29. The fourth-order valence-electron chi connectivity index (χ4n) is 2.61. The maximum Gasteiger partial charge on any atom is 0.239 e. The molecule has 0 aromatic heterocycles. The molecule has 1 unspecified atom stereocenters. The van der Waals surface area contributed by atoms with Crippen LogP contribution < -0.4 is 10.6 Å². The minimum atomic E-state index is -0.321. The molecule has 1 heterocycles. The molecule has 2 N–H and O–H groups in total. The molecular formula is C16H25N3O. The zero-order chi connectivity index (χ0) is 14.4. The summed E-state index contributed by atoms with van der Waals surface area (Å²) in [6.07, 6.45) is 2.91. The molecule has 1 aliphatic heterocycles. The summed E-state index contributed by atoms with van der Waals surface area (Å²) in [6, 6.07) is 10.0. The maximum absolute atomic E-state index is 12.2. The van der Waals surface area contributed by atoms with Gasteiger partial charge in [0.15, 0.2) is 0 Å². The molecule has 0 saturated carbocycles. The van der Waals surface area contributed by atoms with Crippen LogP contribution in [0, 0.1) is 0 Å². The number of nitrogens with two attached hydrogens (primary N) is 1. The molecule has 1 amide bonds. The van der Waals surface area contributed by atoms with Gasteiger partial charge in [0.2, 0.25) is 5.91 Å². The largest absolute Gasteiger partial charge is 0.368 e. The number of hydrogen-bond donors (Lipinski definition) is 1. The Labute approximate surface area is 121 Å². The number of piperazine rings is 1. The lowest BCUT2D eigenvalue weighted by Crippen LogP contribution is -2.53. The van der Waals surface area contributed by atoms with Gasteiger partial charge in [0, 0.05) is 31.9 Å². The molecule has 1 fully saturated rings. The van der Waals surface area contributed by atoms with Gasteiger partial charge in [-0.3, -0.25) is 4.79 Å². The van der Waals surface area contributed by atoms with Crippen LogP contribution in [0.4, 0.5) is 5.69 Å². The molecule has 0 radical (unpaired) electrons. The number of amides is 1. The van der Waals surface area contributed by atoms with Gasteiger partial charge >= 0.3 is 0 Å². The number of anilines is 1. The number of carbonyl (C=O) groups excluding carboxylic acids is 1. The normalized spacial score (nSPS) is 17.1. The topological polar surface area (TPSA) is 49.6 Å². The molecule has 1 aliphatic rings. The van der Waals surface area contributed by atoms with E-state index < -0.39 is 0 Å². The fourth-order valence-corrected chi connectivity index (χ4v) is 2.61. The Morgan fingerprint density at radius 1 is 1.20 bits per heavy atom. The molecule has 4 heteroatoms. The van der Waals surface area contributed by atoms with Gasteiger partial charge in [0.05, 0.1) is 6.04 Å². The Morgan fingerprint density at radius 2 is 1.85 bits per heavy atom. The molecule has 0 aliphatic carbocycles. The number of para-hydroxylation sites is 1. The number of unbranched alkanes of at least 4 members (excludes halogenated alkanes) is 1. The first-order valence-corrected chi connectivity index (χ1v) is 7.56. The van der Waals surface area contributed by atoms with Crippen molar-refractivity contribution < 1.29 is 4.79 Å². The van der Waals surface area contributed by atoms with Crippen molar-refractivity contribution in [2.24, 2.45) is 5.73 Å². The highest BCUT2D eigenvalue weighted by Gasteiger charge is 2.24. The van der Waals surface area contributed by atoms with Crippen LogP contribution in [0.2, 0.25) is 0 Å². The Balaban J connectivity index is 1.83. The lowest BCUT2D eigenvalue weighted by Gasteiger charge is -2.37. The SMILES string of the molecule is CCCCC(N)C(=O)N1CCN(c2ccccc2)CC1. The Hall–Kier alpha value is -1.55. The highest BCUT2D eigenvalue weighted by Crippen LogP contribution is 2.16. The molecule has 2 rings (SSSR count). The molecule has 4 nitrogen and oxygen atoms in total. The van der Waals surface area contributed by atoms with Crippen molar-refractivity contribution in [1.82, 2.24) is 4.90 Å². The van der Waals surface area contributed by atoms with Gasteiger partial charge in [-0.15, -0.1) is 0 Å². The van der Waals surface area contributed by atoms with Crippen molar-refractivity contribution >= 4 is 11.6 Å². The van der Waals surface area contributed by atoms with Crippen LogP contribution in [0.15, 0.2) is 30.3 Å². The molecule has 110 valence electrons. The summed E-state index contributed by atoms with van der Waals surface area (Å²) in [6.45, 7) is 5.43. The summed E-state index contributed by atoms with van der Waals surface area (Å²) in [7, 11) is 0. The summed E-state index contributed by atoms with van der Waals surface area (Å²) >= 11 is 0. The van der Waals surface area contributed by atoms with E-state index in [1.807, 2.05) is 23.1 Å². The Bertz CT molecular complexity index is 413. The summed E-state index contributed by atoms with van der Waals surface area (Å²) < 4.78 is 0. The van der Waals surface area contributed by atoms with Crippen LogP contribution in [0.25, 0.3) is 0 Å². The van der Waals surface area contributed by atoms with E-state index in [2.05, 4.69) is 24.0 Å². The van der Waals surface area contributed by atoms with Gasteiger partial charge in [0.25, 0.3) is 0 Å². The van der Waals surface area contributed by atoms with Gasteiger partial charge < -0.3 is 15.5 Å². The predicted molar refractivity (Wildman–Crippen MR) is 82.7 cm³/mol. The van der Waals surface area contributed by atoms with Gasteiger partial charge in [-0.05, 0) is 18.6 Å². The van der Waals surface area contributed by atoms with E-state index >= 15 is 0 Å². The molecule has 1 saturated heterocycles. The lowest BCUT2D eigenvalue weighted by molar-refractivity contribution is -0.133. The number of rotatable bonds is 5. The third kappa shape index (κ3) is 3.73. The fraction of sp³-hybridized carbons (Fsp3) is 0.562. The summed E-state index contributed by atoms with van der Waals surface area (Å²) in [5.41, 5.74) is 7.21. The average molecular weight is 275 g/mol. The zero-order valence-corrected chi connectivity index (χ0v) is 12.3. The molecule has 1 aromatic rings. The number of benzene rings is 1. The standard InChI is InChI=1S/C16H25N3O/c1-2-3-9-15(17)16(20)19-12-10-18(11-13-19)14-7-5-4-6-8-14/h4-8,15H,2-3,9-13,17H2,1H3.